The monoisotopic (exact) mass is 383 g/mol. The zero-order chi connectivity index (χ0) is 19.5. The van der Waals surface area contributed by atoms with Crippen LogP contribution in [-0.4, -0.2) is 43.0 Å². The van der Waals surface area contributed by atoms with Gasteiger partial charge in [0.1, 0.15) is 6.61 Å². The average molecular weight is 383 g/mol. The molecule has 0 bridgehead atoms. The van der Waals surface area contributed by atoms with Crippen molar-refractivity contribution in [1.82, 2.24) is 10.2 Å². The van der Waals surface area contributed by atoms with E-state index in [-0.39, 0.29) is 18.5 Å². The Hall–Kier alpha value is -3.75. The Labute approximate surface area is 160 Å². The maximum Gasteiger partial charge on any atom is 0.322 e. The van der Waals surface area contributed by atoms with Crippen molar-refractivity contribution in [3.05, 3.63) is 42.5 Å². The van der Waals surface area contributed by atoms with E-state index in [4.69, 9.17) is 23.4 Å². The van der Waals surface area contributed by atoms with Crippen molar-refractivity contribution in [2.45, 2.75) is 6.10 Å². The minimum absolute atomic E-state index is 0.0442. The summed E-state index contributed by atoms with van der Waals surface area (Å²) in [6, 6.07) is 12.3. The fourth-order valence-electron chi connectivity index (χ4n) is 2.69. The summed E-state index contributed by atoms with van der Waals surface area (Å²) < 4.78 is 27.2. The van der Waals surface area contributed by atoms with Gasteiger partial charge in [-0.2, -0.15) is 0 Å². The molecule has 1 amide bonds. The van der Waals surface area contributed by atoms with E-state index in [1.165, 1.54) is 7.11 Å². The Morgan fingerprint density at radius 2 is 1.86 bits per heavy atom. The number of aromatic nitrogens is 2. The van der Waals surface area contributed by atoms with Gasteiger partial charge in [-0.25, -0.2) is 0 Å². The number of carbonyl (C=O) groups excluding carboxylic acids is 1. The Bertz CT molecular complexity index is 1000. The zero-order valence-corrected chi connectivity index (χ0v) is 15.2. The number of benzene rings is 2. The molecule has 3 aromatic rings. The predicted molar refractivity (Wildman–Crippen MR) is 97.8 cm³/mol. The topological polar surface area (TPSA) is 105 Å². The van der Waals surface area contributed by atoms with E-state index in [9.17, 15) is 4.79 Å². The summed E-state index contributed by atoms with van der Waals surface area (Å²) in [6.45, 7) is 0.0829. The highest BCUT2D eigenvalue weighted by atomic mass is 16.6. The first-order valence-electron chi connectivity index (χ1n) is 8.43. The molecule has 1 atom stereocenters. The highest BCUT2D eigenvalue weighted by Gasteiger charge is 2.28. The van der Waals surface area contributed by atoms with Crippen molar-refractivity contribution in [2.75, 3.05) is 26.1 Å². The molecule has 144 valence electrons. The molecule has 0 saturated heterocycles. The number of nitrogens with one attached hydrogen (secondary N) is 1. The Balaban J connectivity index is 1.46. The smallest absolute Gasteiger partial charge is 0.322 e. The molecule has 0 aliphatic carbocycles. The van der Waals surface area contributed by atoms with Crippen LogP contribution in [0.4, 0.5) is 6.01 Å². The number of rotatable bonds is 5. The second kappa shape index (κ2) is 7.47. The molecule has 9 nitrogen and oxygen atoms in total. The van der Waals surface area contributed by atoms with Crippen LogP contribution < -0.4 is 24.3 Å². The van der Waals surface area contributed by atoms with Crippen LogP contribution in [0.2, 0.25) is 0 Å². The second-order valence-electron chi connectivity index (χ2n) is 5.84. The van der Waals surface area contributed by atoms with Crippen LogP contribution in [0.25, 0.3) is 11.5 Å². The van der Waals surface area contributed by atoms with E-state index in [1.807, 2.05) is 6.07 Å². The third-order valence-electron chi connectivity index (χ3n) is 4.09. The summed E-state index contributed by atoms with van der Waals surface area (Å²) in [4.78, 5) is 12.4. The maximum absolute atomic E-state index is 12.4. The van der Waals surface area contributed by atoms with E-state index in [0.717, 1.165) is 0 Å². The van der Waals surface area contributed by atoms with Gasteiger partial charge in [0.15, 0.2) is 23.0 Å². The van der Waals surface area contributed by atoms with Crippen molar-refractivity contribution in [1.29, 1.82) is 0 Å². The van der Waals surface area contributed by atoms with Gasteiger partial charge in [-0.15, -0.1) is 5.10 Å². The van der Waals surface area contributed by atoms with Gasteiger partial charge in [-0.05, 0) is 30.3 Å². The van der Waals surface area contributed by atoms with Gasteiger partial charge < -0.3 is 23.4 Å². The quantitative estimate of drug-likeness (QED) is 0.717. The number of methoxy groups -OCH3 is 2. The average Bonchev–Trinajstić information content (AvgIpc) is 3.21. The third kappa shape index (κ3) is 3.41. The summed E-state index contributed by atoms with van der Waals surface area (Å²) in [5.41, 5.74) is 0.622. The molecular weight excluding hydrogens is 366 g/mol. The molecule has 1 aromatic heterocycles. The van der Waals surface area contributed by atoms with Crippen LogP contribution in [-0.2, 0) is 4.79 Å². The standard InChI is InChI=1S/C19H17N3O6/c1-24-12-8-7-11(9-15(12)25-2)18-21-22-19(28-18)20-17(23)16-10-26-13-5-3-4-6-14(13)27-16/h3-9,16H,10H2,1-2H3,(H,20,22,23). The molecule has 0 saturated carbocycles. The molecule has 1 unspecified atom stereocenters. The lowest BCUT2D eigenvalue weighted by atomic mass is 10.2. The van der Waals surface area contributed by atoms with Gasteiger partial charge in [-0.1, -0.05) is 17.2 Å². The first-order valence-corrected chi connectivity index (χ1v) is 8.43. The van der Waals surface area contributed by atoms with E-state index >= 15 is 0 Å². The Kier molecular flexibility index (Phi) is 4.71. The number of nitrogens with zero attached hydrogens (tertiary/aromatic N) is 2. The SMILES string of the molecule is COc1ccc(-c2nnc(NC(=O)C3COc4ccccc4O3)o2)cc1OC. The lowest BCUT2D eigenvalue weighted by molar-refractivity contribution is -0.125. The van der Waals surface area contributed by atoms with Crippen molar-refractivity contribution >= 4 is 11.9 Å². The third-order valence-corrected chi connectivity index (χ3v) is 4.09. The van der Waals surface area contributed by atoms with Crippen molar-refractivity contribution in [3.63, 3.8) is 0 Å². The molecule has 0 spiro atoms. The predicted octanol–water partition coefficient (Wildman–Crippen LogP) is 2.53. The highest BCUT2D eigenvalue weighted by Crippen LogP contribution is 2.33. The minimum atomic E-state index is -0.827. The van der Waals surface area contributed by atoms with Crippen molar-refractivity contribution < 1.29 is 28.2 Å². The summed E-state index contributed by atoms with van der Waals surface area (Å²) in [7, 11) is 3.08. The van der Waals surface area contributed by atoms with E-state index in [0.29, 0.717) is 28.6 Å². The van der Waals surface area contributed by atoms with Gasteiger partial charge in [0.05, 0.1) is 14.2 Å². The Morgan fingerprint density at radius 3 is 2.64 bits per heavy atom. The second-order valence-corrected chi connectivity index (χ2v) is 5.84. The number of carbonyl (C=O) groups is 1. The number of hydrogen-bond donors (Lipinski definition) is 1. The number of anilines is 1. The summed E-state index contributed by atoms with van der Waals surface area (Å²) in [6.07, 6.45) is -0.827. The number of ether oxygens (including phenoxy) is 4. The molecular formula is C19H17N3O6. The van der Waals surface area contributed by atoms with Crippen LogP contribution in [0, 0.1) is 0 Å². The van der Waals surface area contributed by atoms with Crippen LogP contribution in [0.1, 0.15) is 0 Å². The van der Waals surface area contributed by atoms with E-state index in [2.05, 4.69) is 15.5 Å². The lowest BCUT2D eigenvalue weighted by Crippen LogP contribution is -2.40. The first-order chi connectivity index (χ1) is 13.7. The normalized spacial score (nSPS) is 15.0. The molecule has 2 heterocycles. The molecule has 28 heavy (non-hydrogen) atoms. The molecule has 0 fully saturated rings. The molecule has 0 radical (unpaired) electrons. The van der Waals surface area contributed by atoms with E-state index in [1.54, 1.807) is 43.5 Å². The maximum atomic E-state index is 12.4. The lowest BCUT2D eigenvalue weighted by Gasteiger charge is -2.24. The van der Waals surface area contributed by atoms with Crippen LogP contribution >= 0.6 is 0 Å². The first kappa shape index (κ1) is 17.7. The van der Waals surface area contributed by atoms with Gasteiger partial charge in [0.25, 0.3) is 5.91 Å². The largest absolute Gasteiger partial charge is 0.493 e. The minimum Gasteiger partial charge on any atom is -0.493 e. The highest BCUT2D eigenvalue weighted by molar-refractivity contribution is 5.93. The van der Waals surface area contributed by atoms with Gasteiger partial charge in [-0.3, -0.25) is 10.1 Å². The van der Waals surface area contributed by atoms with Crippen molar-refractivity contribution in [3.8, 4) is 34.5 Å². The van der Waals surface area contributed by atoms with Gasteiger partial charge >= 0.3 is 6.01 Å². The molecule has 1 N–H and O–H groups in total. The number of hydrogen-bond acceptors (Lipinski definition) is 8. The van der Waals surface area contributed by atoms with E-state index < -0.39 is 12.0 Å². The molecule has 2 aromatic carbocycles. The van der Waals surface area contributed by atoms with Crippen LogP contribution in [0.5, 0.6) is 23.0 Å². The summed E-state index contributed by atoms with van der Waals surface area (Å²) in [5, 5.41) is 10.3. The van der Waals surface area contributed by atoms with Crippen LogP contribution in [0.3, 0.4) is 0 Å². The number of para-hydroxylation sites is 2. The fraction of sp³-hybridized carbons (Fsp3) is 0.211. The fourth-order valence-corrected chi connectivity index (χ4v) is 2.69. The molecule has 1 aliphatic heterocycles. The summed E-state index contributed by atoms with van der Waals surface area (Å²) in [5.74, 6) is 1.98. The van der Waals surface area contributed by atoms with Gasteiger partial charge in [0.2, 0.25) is 12.0 Å². The number of amides is 1. The molecule has 1 aliphatic rings. The molecule has 9 heteroatoms. The van der Waals surface area contributed by atoms with Gasteiger partial charge in [0, 0.05) is 5.56 Å². The zero-order valence-electron chi connectivity index (χ0n) is 15.2. The Morgan fingerprint density at radius 1 is 1.07 bits per heavy atom. The van der Waals surface area contributed by atoms with Crippen molar-refractivity contribution in [2.24, 2.45) is 0 Å². The molecule has 4 rings (SSSR count). The summed E-state index contributed by atoms with van der Waals surface area (Å²) >= 11 is 0. The van der Waals surface area contributed by atoms with Crippen LogP contribution in [0.15, 0.2) is 46.9 Å². The number of fused-ring (bicyclic) bond motifs is 1.